The van der Waals surface area contributed by atoms with Gasteiger partial charge in [0.15, 0.2) is 0 Å². The van der Waals surface area contributed by atoms with Crippen LogP contribution in [0.5, 0.6) is 0 Å². The Morgan fingerprint density at radius 1 is 0.846 bits per heavy atom. The first-order valence-electron chi connectivity index (χ1n) is 7.88. The van der Waals surface area contributed by atoms with Gasteiger partial charge in [-0.25, -0.2) is 4.98 Å². The quantitative estimate of drug-likeness (QED) is 0.373. The maximum Gasteiger partial charge on any atom is 0.0960 e. The summed E-state index contributed by atoms with van der Waals surface area (Å²) in [7, 11) is 0. The molecule has 0 bridgehead atoms. The summed E-state index contributed by atoms with van der Waals surface area (Å²) in [5.41, 5.74) is 0. The summed E-state index contributed by atoms with van der Waals surface area (Å²) >= 11 is 18.2. The van der Waals surface area contributed by atoms with Crippen LogP contribution in [0.25, 0.3) is 0 Å². The zero-order valence-corrected chi connectivity index (χ0v) is 20.7. The van der Waals surface area contributed by atoms with Gasteiger partial charge in [0.05, 0.1) is 30.4 Å². The fourth-order valence-corrected chi connectivity index (χ4v) is 16.2. The fraction of sp³-hybridized carbons (Fsp3) is 0.312. The Hall–Kier alpha value is 1.52. The third-order valence-electron chi connectivity index (χ3n) is 3.52. The third kappa shape index (κ3) is 4.48. The first kappa shape index (κ1) is 19.5. The van der Waals surface area contributed by atoms with Crippen LogP contribution >= 0.6 is 106 Å². The lowest BCUT2D eigenvalue weighted by atomic mass is 10.5. The highest BCUT2D eigenvalue weighted by Gasteiger charge is 2.34. The highest BCUT2D eigenvalue weighted by molar-refractivity contribution is 8.45. The molecule has 0 radical (unpaired) electrons. The van der Waals surface area contributed by atoms with E-state index in [1.165, 1.54) is 34.2 Å². The van der Waals surface area contributed by atoms with Gasteiger partial charge in [-0.3, -0.25) is 0 Å². The molecular weight excluding hydrogens is 495 g/mol. The standard InChI is InChI=1S/C16H13NS9/c1-2-4-17-10(3-1)20-7-9-8-21-13-14(22-9)26-16(25-13)15-23-11-12(24-15)19-6-5-18-11/h1-4,9H,5-8H2. The van der Waals surface area contributed by atoms with E-state index in [1.54, 1.807) is 8.47 Å². The summed E-state index contributed by atoms with van der Waals surface area (Å²) in [5, 5.41) is 1.81. The first-order chi connectivity index (χ1) is 12.8. The Kier molecular flexibility index (Phi) is 6.83. The Labute approximate surface area is 192 Å². The molecule has 1 aromatic heterocycles. The number of thioether (sulfide) groups is 9. The minimum Gasteiger partial charge on any atom is -0.250 e. The normalized spacial score (nSPS) is 25.8. The van der Waals surface area contributed by atoms with Gasteiger partial charge in [0, 0.05) is 34.5 Å². The topological polar surface area (TPSA) is 12.9 Å². The molecule has 0 amide bonds. The van der Waals surface area contributed by atoms with E-state index in [2.05, 4.69) is 40.6 Å². The minimum atomic E-state index is 0.671. The molecule has 5 heterocycles. The van der Waals surface area contributed by atoms with E-state index in [0.717, 1.165) is 10.8 Å². The first-order valence-corrected chi connectivity index (χ1v) is 16.0. The molecule has 1 nitrogen and oxygen atoms in total. The lowest BCUT2D eigenvalue weighted by molar-refractivity contribution is 1.11. The average molecular weight is 508 g/mol. The molecule has 1 aromatic rings. The van der Waals surface area contributed by atoms with Crippen molar-refractivity contribution in [2.45, 2.75) is 10.3 Å². The number of nitrogens with zero attached hydrogens (tertiary/aromatic N) is 1. The van der Waals surface area contributed by atoms with Crippen LogP contribution in [0.1, 0.15) is 0 Å². The highest BCUT2D eigenvalue weighted by atomic mass is 32.3. The van der Waals surface area contributed by atoms with Gasteiger partial charge in [0.2, 0.25) is 0 Å². The Balaban J connectivity index is 1.20. The molecule has 0 saturated heterocycles. The van der Waals surface area contributed by atoms with E-state index in [9.17, 15) is 0 Å². The molecule has 26 heavy (non-hydrogen) atoms. The van der Waals surface area contributed by atoms with Crippen molar-refractivity contribution in [3.8, 4) is 0 Å². The smallest absolute Gasteiger partial charge is 0.0960 e. The van der Waals surface area contributed by atoms with E-state index in [1.807, 2.05) is 94.6 Å². The molecule has 0 spiro atoms. The second kappa shape index (κ2) is 9.12. The van der Waals surface area contributed by atoms with Crippen LogP contribution < -0.4 is 0 Å². The van der Waals surface area contributed by atoms with E-state index in [-0.39, 0.29) is 0 Å². The molecule has 0 fully saturated rings. The molecule has 0 aromatic carbocycles. The molecular formula is C16H13NS9. The fourth-order valence-electron chi connectivity index (χ4n) is 2.36. The van der Waals surface area contributed by atoms with Crippen molar-refractivity contribution in [3.63, 3.8) is 0 Å². The van der Waals surface area contributed by atoms with Gasteiger partial charge in [0.1, 0.15) is 0 Å². The van der Waals surface area contributed by atoms with Crippen LogP contribution in [-0.2, 0) is 0 Å². The number of hydrogen-bond acceptors (Lipinski definition) is 10. The summed E-state index contributed by atoms with van der Waals surface area (Å²) < 4.78 is 9.19. The minimum absolute atomic E-state index is 0.671. The predicted molar refractivity (Wildman–Crippen MR) is 135 cm³/mol. The summed E-state index contributed by atoms with van der Waals surface area (Å²) in [6.45, 7) is 0. The van der Waals surface area contributed by atoms with Crippen LogP contribution in [0, 0.1) is 0 Å². The van der Waals surface area contributed by atoms with Gasteiger partial charge in [-0.05, 0) is 12.1 Å². The highest BCUT2D eigenvalue weighted by Crippen LogP contribution is 2.68. The van der Waals surface area contributed by atoms with Crippen molar-refractivity contribution < 1.29 is 0 Å². The molecule has 1 unspecified atom stereocenters. The van der Waals surface area contributed by atoms with Crippen LogP contribution in [0.15, 0.2) is 54.8 Å². The van der Waals surface area contributed by atoms with Crippen LogP contribution in [0.4, 0.5) is 0 Å². The SMILES string of the molecule is c1ccc(SCC2CSC3=C(SC(=C4SC5=C(SCCS5)S4)S3)S2)nc1. The van der Waals surface area contributed by atoms with E-state index in [0.29, 0.717) is 5.25 Å². The zero-order valence-electron chi connectivity index (χ0n) is 13.3. The van der Waals surface area contributed by atoms with Crippen LogP contribution in [-0.4, -0.2) is 33.2 Å². The van der Waals surface area contributed by atoms with E-state index < -0.39 is 0 Å². The van der Waals surface area contributed by atoms with Gasteiger partial charge in [-0.2, -0.15) is 0 Å². The van der Waals surface area contributed by atoms with Crippen LogP contribution in [0.3, 0.4) is 0 Å². The van der Waals surface area contributed by atoms with Gasteiger partial charge in [-0.15, -0.1) is 58.8 Å². The summed E-state index contributed by atoms with van der Waals surface area (Å²) in [6, 6.07) is 6.16. The molecule has 5 rings (SSSR count). The van der Waals surface area contributed by atoms with Gasteiger partial charge >= 0.3 is 0 Å². The molecule has 4 aliphatic heterocycles. The van der Waals surface area contributed by atoms with Gasteiger partial charge in [-0.1, -0.05) is 53.1 Å². The summed E-state index contributed by atoms with van der Waals surface area (Å²) in [4.78, 5) is 4.43. The maximum absolute atomic E-state index is 4.43. The molecule has 136 valence electrons. The van der Waals surface area contributed by atoms with Crippen molar-refractivity contribution in [2.75, 3.05) is 23.0 Å². The monoisotopic (exact) mass is 507 g/mol. The predicted octanol–water partition coefficient (Wildman–Crippen LogP) is 7.84. The van der Waals surface area contributed by atoms with E-state index in [4.69, 9.17) is 0 Å². The van der Waals surface area contributed by atoms with Crippen molar-refractivity contribution in [1.29, 1.82) is 0 Å². The molecule has 0 saturated carbocycles. The Bertz CT molecular complexity index is 781. The Morgan fingerprint density at radius 2 is 1.54 bits per heavy atom. The maximum atomic E-state index is 4.43. The van der Waals surface area contributed by atoms with Crippen molar-refractivity contribution in [1.82, 2.24) is 4.98 Å². The Morgan fingerprint density at radius 3 is 2.23 bits per heavy atom. The van der Waals surface area contributed by atoms with Gasteiger partial charge < -0.3 is 0 Å². The zero-order chi connectivity index (χ0) is 17.3. The second-order valence-corrected chi connectivity index (χ2v) is 16.6. The third-order valence-corrected chi connectivity index (χ3v) is 17.2. The summed E-state index contributed by atoms with van der Waals surface area (Å²) in [6.07, 6.45) is 1.88. The molecule has 10 heteroatoms. The number of rotatable bonds is 3. The average Bonchev–Trinajstić information content (AvgIpc) is 3.30. The lowest BCUT2D eigenvalue weighted by Gasteiger charge is -2.20. The molecule has 1 atom stereocenters. The molecule has 4 aliphatic rings. The van der Waals surface area contributed by atoms with Crippen molar-refractivity contribution in [3.05, 3.63) is 49.8 Å². The largest absolute Gasteiger partial charge is 0.250 e. The second-order valence-electron chi connectivity index (χ2n) is 5.36. The number of hydrogen-bond donors (Lipinski definition) is 0. The number of pyridine rings is 1. The lowest BCUT2D eigenvalue weighted by Crippen LogP contribution is -2.12. The van der Waals surface area contributed by atoms with E-state index >= 15 is 0 Å². The van der Waals surface area contributed by atoms with Gasteiger partial charge in [0.25, 0.3) is 0 Å². The van der Waals surface area contributed by atoms with Crippen molar-refractivity contribution in [2.24, 2.45) is 0 Å². The molecule has 0 N–H and O–H groups in total. The summed E-state index contributed by atoms with van der Waals surface area (Å²) in [5.74, 6) is 4.86. The molecule has 0 aliphatic carbocycles. The number of aromatic nitrogens is 1. The van der Waals surface area contributed by atoms with Crippen molar-refractivity contribution >= 4 is 106 Å². The van der Waals surface area contributed by atoms with Crippen LogP contribution in [0.2, 0.25) is 0 Å².